The number of nitrogens with one attached hydrogen (secondary N) is 2. The third-order valence-corrected chi connectivity index (χ3v) is 3.19. The van der Waals surface area contributed by atoms with E-state index in [0.717, 1.165) is 25.9 Å². The summed E-state index contributed by atoms with van der Waals surface area (Å²) in [7, 11) is 1.69. The highest BCUT2D eigenvalue weighted by Gasteiger charge is 2.18. The van der Waals surface area contributed by atoms with Gasteiger partial charge >= 0.3 is 0 Å². The second-order valence-corrected chi connectivity index (χ2v) is 5.37. The molecule has 0 aromatic rings. The molecule has 0 radical (unpaired) electrons. The molecular weight excluding hydrogens is 230 g/mol. The molecule has 18 heavy (non-hydrogen) atoms. The molecule has 1 aliphatic rings. The Morgan fingerprint density at radius 3 is 2.72 bits per heavy atom. The zero-order chi connectivity index (χ0) is 13.5. The minimum Gasteiger partial charge on any atom is -0.352 e. The van der Waals surface area contributed by atoms with Gasteiger partial charge in [0.05, 0.1) is 6.54 Å². The lowest BCUT2D eigenvalue weighted by atomic mass is 10.0. The van der Waals surface area contributed by atoms with Crippen LogP contribution in [0.4, 0.5) is 0 Å². The molecule has 2 N–H and O–H groups in total. The van der Waals surface area contributed by atoms with Gasteiger partial charge in [-0.2, -0.15) is 0 Å². The quantitative estimate of drug-likeness (QED) is 0.720. The first-order valence-electron chi connectivity index (χ1n) is 6.73. The summed E-state index contributed by atoms with van der Waals surface area (Å²) in [4.78, 5) is 24.9. The van der Waals surface area contributed by atoms with E-state index in [4.69, 9.17) is 0 Å². The van der Waals surface area contributed by atoms with Crippen LogP contribution in [0.5, 0.6) is 0 Å². The predicted molar refractivity (Wildman–Crippen MR) is 71.1 cm³/mol. The topological polar surface area (TPSA) is 61.4 Å². The largest absolute Gasteiger partial charge is 0.352 e. The molecule has 1 heterocycles. The lowest BCUT2D eigenvalue weighted by Crippen LogP contribution is -2.40. The van der Waals surface area contributed by atoms with Crippen LogP contribution in [0.3, 0.4) is 0 Å². The Bertz CT molecular complexity index is 286. The molecule has 2 amide bonds. The van der Waals surface area contributed by atoms with Gasteiger partial charge in [-0.1, -0.05) is 0 Å². The monoisotopic (exact) mass is 255 g/mol. The van der Waals surface area contributed by atoms with E-state index in [1.54, 1.807) is 7.05 Å². The molecular formula is C13H25N3O2. The first-order chi connectivity index (χ1) is 8.49. The van der Waals surface area contributed by atoms with Crippen molar-refractivity contribution in [3.63, 3.8) is 0 Å². The van der Waals surface area contributed by atoms with E-state index >= 15 is 0 Å². The fourth-order valence-corrected chi connectivity index (χ4v) is 2.15. The molecule has 1 unspecified atom stereocenters. The fraction of sp³-hybridized carbons (Fsp3) is 0.846. The third-order valence-electron chi connectivity index (χ3n) is 3.19. The van der Waals surface area contributed by atoms with Crippen molar-refractivity contribution in [1.29, 1.82) is 0 Å². The van der Waals surface area contributed by atoms with Crippen LogP contribution in [-0.4, -0.2) is 49.4 Å². The molecule has 0 bridgehead atoms. The maximum Gasteiger partial charge on any atom is 0.239 e. The highest BCUT2D eigenvalue weighted by Crippen LogP contribution is 2.14. The van der Waals surface area contributed by atoms with Gasteiger partial charge in [0.1, 0.15) is 0 Å². The van der Waals surface area contributed by atoms with Gasteiger partial charge in [-0.05, 0) is 45.7 Å². The van der Waals surface area contributed by atoms with Crippen LogP contribution >= 0.6 is 0 Å². The van der Waals surface area contributed by atoms with Gasteiger partial charge in [0.15, 0.2) is 0 Å². The summed E-state index contributed by atoms with van der Waals surface area (Å²) < 4.78 is 0. The Balaban J connectivity index is 2.21. The molecule has 1 atom stereocenters. The lowest BCUT2D eigenvalue weighted by molar-refractivity contribution is -0.135. The van der Waals surface area contributed by atoms with Crippen molar-refractivity contribution in [3.8, 4) is 0 Å². The van der Waals surface area contributed by atoms with Crippen LogP contribution in [0, 0.1) is 5.92 Å². The molecule has 5 nitrogen and oxygen atoms in total. The second-order valence-electron chi connectivity index (χ2n) is 5.37. The van der Waals surface area contributed by atoms with Crippen LogP contribution in [0.25, 0.3) is 0 Å². The molecule has 1 aliphatic heterocycles. The van der Waals surface area contributed by atoms with Crippen LogP contribution in [0.15, 0.2) is 0 Å². The van der Waals surface area contributed by atoms with Gasteiger partial charge in [0.2, 0.25) is 11.8 Å². The predicted octanol–water partition coefficient (Wildman–Crippen LogP) is 0.359. The number of likely N-dealkylation sites (N-methyl/N-ethyl adjacent to an activating group) is 1. The Hall–Kier alpha value is -1.10. The molecule has 0 aliphatic carbocycles. The van der Waals surface area contributed by atoms with Crippen molar-refractivity contribution in [2.75, 3.05) is 26.7 Å². The van der Waals surface area contributed by atoms with E-state index in [1.807, 2.05) is 13.8 Å². The molecule has 0 spiro atoms. The van der Waals surface area contributed by atoms with Gasteiger partial charge in [-0.3, -0.25) is 9.59 Å². The van der Waals surface area contributed by atoms with Gasteiger partial charge < -0.3 is 15.5 Å². The van der Waals surface area contributed by atoms with Crippen molar-refractivity contribution < 1.29 is 9.59 Å². The van der Waals surface area contributed by atoms with Gasteiger partial charge in [0, 0.05) is 19.5 Å². The summed E-state index contributed by atoms with van der Waals surface area (Å²) in [5, 5.41) is 6.07. The van der Waals surface area contributed by atoms with E-state index in [9.17, 15) is 9.59 Å². The Labute approximate surface area is 109 Å². The zero-order valence-electron chi connectivity index (χ0n) is 11.7. The number of carbonyl (C=O) groups is 2. The lowest BCUT2D eigenvalue weighted by Gasteiger charge is -2.18. The summed E-state index contributed by atoms with van der Waals surface area (Å²) in [6.07, 6.45) is 2.62. The van der Waals surface area contributed by atoms with Crippen molar-refractivity contribution in [3.05, 3.63) is 0 Å². The minimum atomic E-state index is -0.0941. The first-order valence-corrected chi connectivity index (χ1v) is 6.73. The van der Waals surface area contributed by atoms with E-state index in [0.29, 0.717) is 12.3 Å². The summed E-state index contributed by atoms with van der Waals surface area (Å²) in [5.41, 5.74) is 0. The van der Waals surface area contributed by atoms with Gasteiger partial charge in [0.25, 0.3) is 0 Å². The van der Waals surface area contributed by atoms with E-state index in [2.05, 4.69) is 10.6 Å². The smallest absolute Gasteiger partial charge is 0.239 e. The van der Waals surface area contributed by atoms with E-state index in [-0.39, 0.29) is 24.4 Å². The normalized spacial score (nSPS) is 19.0. The molecule has 1 rings (SSSR count). The maximum atomic E-state index is 11.8. The van der Waals surface area contributed by atoms with Crippen molar-refractivity contribution >= 4 is 11.8 Å². The number of carbonyl (C=O) groups excluding carboxylic acids is 2. The second kappa shape index (κ2) is 7.36. The van der Waals surface area contributed by atoms with Crippen LogP contribution in [0.2, 0.25) is 0 Å². The van der Waals surface area contributed by atoms with Crippen molar-refractivity contribution in [1.82, 2.24) is 15.5 Å². The Morgan fingerprint density at radius 2 is 2.17 bits per heavy atom. The van der Waals surface area contributed by atoms with Gasteiger partial charge in [-0.25, -0.2) is 0 Å². The molecule has 0 saturated carbocycles. The SMILES string of the molecule is CC(C)NC(=O)CN(C)C(=O)CCC1CCNC1. The molecule has 5 heteroatoms. The average molecular weight is 255 g/mol. The number of rotatable bonds is 6. The van der Waals surface area contributed by atoms with Crippen LogP contribution in [0.1, 0.15) is 33.1 Å². The number of nitrogens with zero attached hydrogens (tertiary/aromatic N) is 1. The molecule has 0 aromatic heterocycles. The Morgan fingerprint density at radius 1 is 1.44 bits per heavy atom. The Kier molecular flexibility index (Phi) is 6.12. The number of hydrogen-bond acceptors (Lipinski definition) is 3. The zero-order valence-corrected chi connectivity index (χ0v) is 11.7. The van der Waals surface area contributed by atoms with Crippen LogP contribution < -0.4 is 10.6 Å². The van der Waals surface area contributed by atoms with Crippen LogP contribution in [-0.2, 0) is 9.59 Å². The average Bonchev–Trinajstić information content (AvgIpc) is 2.77. The summed E-state index contributed by atoms with van der Waals surface area (Å²) in [6, 6.07) is 0.116. The minimum absolute atomic E-state index is 0.0563. The summed E-state index contributed by atoms with van der Waals surface area (Å²) >= 11 is 0. The third kappa shape index (κ3) is 5.49. The maximum absolute atomic E-state index is 11.8. The van der Waals surface area contributed by atoms with Gasteiger partial charge in [-0.15, -0.1) is 0 Å². The molecule has 1 fully saturated rings. The fourth-order valence-electron chi connectivity index (χ4n) is 2.15. The summed E-state index contributed by atoms with van der Waals surface area (Å²) in [6.45, 7) is 6.05. The van der Waals surface area contributed by atoms with Crippen molar-refractivity contribution in [2.24, 2.45) is 5.92 Å². The first kappa shape index (κ1) is 15.0. The molecule has 1 saturated heterocycles. The summed E-state index contributed by atoms with van der Waals surface area (Å²) in [5.74, 6) is 0.580. The standard InChI is InChI=1S/C13H25N3O2/c1-10(2)15-12(17)9-16(3)13(18)5-4-11-6-7-14-8-11/h10-11,14H,4-9H2,1-3H3,(H,15,17). The highest BCUT2D eigenvalue weighted by atomic mass is 16.2. The number of amides is 2. The molecule has 104 valence electrons. The number of hydrogen-bond donors (Lipinski definition) is 2. The van der Waals surface area contributed by atoms with E-state index < -0.39 is 0 Å². The van der Waals surface area contributed by atoms with Crippen molar-refractivity contribution in [2.45, 2.75) is 39.2 Å². The molecule has 0 aromatic carbocycles. The van der Waals surface area contributed by atoms with E-state index in [1.165, 1.54) is 4.90 Å². The highest BCUT2D eigenvalue weighted by molar-refractivity contribution is 5.84.